The summed E-state index contributed by atoms with van der Waals surface area (Å²) in [7, 11) is 0. The molecule has 2 aliphatic carbocycles. The Morgan fingerprint density at radius 3 is 2.09 bits per heavy atom. The Morgan fingerprint density at radius 1 is 0.578 bits per heavy atom. The number of allylic oxidation sites excluding steroid dienone is 3. The van der Waals surface area contributed by atoms with Crippen molar-refractivity contribution in [3.63, 3.8) is 0 Å². The van der Waals surface area contributed by atoms with E-state index in [9.17, 15) is 0 Å². The third kappa shape index (κ3) is 4.44. The second-order valence-electron chi connectivity index (χ2n) is 12.1. The predicted octanol–water partition coefficient (Wildman–Crippen LogP) is 10.1. The summed E-state index contributed by atoms with van der Waals surface area (Å²) in [5, 5.41) is 5.17. The van der Waals surface area contributed by atoms with E-state index in [0.717, 1.165) is 60.3 Å². The molecule has 4 nitrogen and oxygen atoms in total. The molecule has 3 heterocycles. The lowest BCUT2D eigenvalue weighted by Crippen LogP contribution is -2.10. The maximum atomic E-state index is 4.98. The number of pyridine rings is 1. The van der Waals surface area contributed by atoms with Crippen LogP contribution in [0.3, 0.4) is 0 Å². The van der Waals surface area contributed by atoms with Crippen molar-refractivity contribution in [2.75, 3.05) is 0 Å². The van der Waals surface area contributed by atoms with Crippen LogP contribution in [0.25, 0.3) is 73.2 Å². The fourth-order valence-electron chi connectivity index (χ4n) is 7.08. The van der Waals surface area contributed by atoms with Crippen LogP contribution in [0.5, 0.6) is 0 Å². The molecule has 1 aliphatic heterocycles. The zero-order valence-electron chi connectivity index (χ0n) is 24.9. The minimum atomic E-state index is 0.636. The van der Waals surface area contributed by atoms with Gasteiger partial charge in [0.2, 0.25) is 0 Å². The molecule has 3 aliphatic rings. The minimum absolute atomic E-state index is 0.636. The number of nitrogens with zero attached hydrogens (tertiary/aromatic N) is 4. The molecule has 0 spiro atoms. The fourth-order valence-corrected chi connectivity index (χ4v) is 7.08. The Balaban J connectivity index is 1.03. The Hall–Kier alpha value is -5.48. The first kappa shape index (κ1) is 26.0. The van der Waals surface area contributed by atoms with Crippen molar-refractivity contribution in [3.8, 4) is 33.8 Å². The van der Waals surface area contributed by atoms with Crippen LogP contribution in [0.4, 0.5) is 0 Å². The van der Waals surface area contributed by atoms with Crippen LogP contribution in [0.2, 0.25) is 0 Å². The normalized spacial score (nSPS) is 15.2. The molecule has 4 heteroatoms. The molecule has 0 N–H and O–H groups in total. The molecule has 0 amide bonds. The molecule has 0 saturated carbocycles. The average molecular weight is 579 g/mol. The molecule has 9 rings (SSSR count). The van der Waals surface area contributed by atoms with Crippen LogP contribution in [0.1, 0.15) is 48.1 Å². The van der Waals surface area contributed by atoms with E-state index in [1.54, 1.807) is 0 Å². The molecular formula is C41H30N4. The first-order valence-corrected chi connectivity index (χ1v) is 15.8. The van der Waals surface area contributed by atoms with Gasteiger partial charge in [-0.15, -0.1) is 0 Å². The zero-order valence-corrected chi connectivity index (χ0v) is 24.9. The van der Waals surface area contributed by atoms with Gasteiger partial charge in [0.05, 0.1) is 11.4 Å². The van der Waals surface area contributed by atoms with Gasteiger partial charge in [-0.3, -0.25) is 4.99 Å². The molecular weight excluding hydrogens is 548 g/mol. The lowest BCUT2D eigenvalue weighted by molar-refractivity contribution is 0.825. The summed E-state index contributed by atoms with van der Waals surface area (Å²) in [5.74, 6) is 0.636. The quantitative estimate of drug-likeness (QED) is 0.196. The number of hydrogen-bond donors (Lipinski definition) is 0. The van der Waals surface area contributed by atoms with Crippen LogP contribution in [0, 0.1) is 0 Å². The lowest BCUT2D eigenvalue weighted by Gasteiger charge is -2.22. The molecule has 0 atom stereocenters. The number of fused-ring (bicyclic) bond motifs is 8. The Morgan fingerprint density at radius 2 is 1.29 bits per heavy atom. The third-order valence-corrected chi connectivity index (χ3v) is 9.41. The second kappa shape index (κ2) is 10.6. The van der Waals surface area contributed by atoms with Gasteiger partial charge in [0, 0.05) is 24.2 Å². The van der Waals surface area contributed by atoms with Gasteiger partial charge in [-0.05, 0) is 105 Å². The van der Waals surface area contributed by atoms with Crippen molar-refractivity contribution < 1.29 is 0 Å². The highest BCUT2D eigenvalue weighted by Gasteiger charge is 2.22. The van der Waals surface area contributed by atoms with E-state index in [2.05, 4.69) is 97.1 Å². The van der Waals surface area contributed by atoms with Gasteiger partial charge >= 0.3 is 0 Å². The topological polar surface area (TPSA) is 51.0 Å². The van der Waals surface area contributed by atoms with Gasteiger partial charge in [0.1, 0.15) is 5.69 Å². The van der Waals surface area contributed by atoms with Crippen molar-refractivity contribution in [1.29, 1.82) is 0 Å². The van der Waals surface area contributed by atoms with Crippen LogP contribution in [0.15, 0.2) is 114 Å². The summed E-state index contributed by atoms with van der Waals surface area (Å²) in [6.07, 6.45) is 20.1. The summed E-state index contributed by atoms with van der Waals surface area (Å²) in [6.45, 7) is 0. The van der Waals surface area contributed by atoms with E-state index in [-0.39, 0.29) is 0 Å². The summed E-state index contributed by atoms with van der Waals surface area (Å²) in [5.41, 5.74) is 12.6. The summed E-state index contributed by atoms with van der Waals surface area (Å²) < 4.78 is 0. The maximum Gasteiger partial charge on any atom is 0.178 e. The molecule has 0 fully saturated rings. The van der Waals surface area contributed by atoms with E-state index in [1.165, 1.54) is 54.9 Å². The monoisotopic (exact) mass is 578 g/mol. The first-order chi connectivity index (χ1) is 22.3. The van der Waals surface area contributed by atoms with Crippen molar-refractivity contribution >= 4 is 45.6 Å². The molecule has 0 radical (unpaired) electrons. The van der Waals surface area contributed by atoms with Gasteiger partial charge in [0.15, 0.2) is 5.82 Å². The largest absolute Gasteiger partial charge is 0.259 e. The van der Waals surface area contributed by atoms with Gasteiger partial charge in [-0.1, -0.05) is 91.0 Å². The predicted molar refractivity (Wildman–Crippen MR) is 187 cm³/mol. The van der Waals surface area contributed by atoms with E-state index < -0.39 is 0 Å². The average Bonchev–Trinajstić information content (AvgIpc) is 3.38. The summed E-state index contributed by atoms with van der Waals surface area (Å²) in [4.78, 5) is 19.1. The highest BCUT2D eigenvalue weighted by atomic mass is 14.9. The van der Waals surface area contributed by atoms with Crippen molar-refractivity contribution in [1.82, 2.24) is 15.0 Å². The Kier molecular flexibility index (Phi) is 6.12. The number of aromatic nitrogens is 3. The standard InChI is InChI=1S/C41H30N4/c1-2-8-32-33-10-4-5-11-35(33)37-23-30(18-20-36(37)34(32)9-3-1)26-12-14-27(15-13-26)31-24-43-41(44-25-31)38-21-19-29-17-16-28-7-6-22-42-39(28)40(29)45-38/h2-5,8-15,18-25H,1,6-7,16-17H2. The van der Waals surface area contributed by atoms with E-state index in [0.29, 0.717) is 5.82 Å². The minimum Gasteiger partial charge on any atom is -0.259 e. The van der Waals surface area contributed by atoms with Crippen LogP contribution in [-0.2, 0) is 6.42 Å². The SMILES string of the molecule is C1=Cc2c(c3ccc(-c4ccc(-c5cnc(-c6ccc7c(n6)C6=C(CCC=N6)CC7)nc5)cc4)cc3c3ccccc23)C=CC1. The fraction of sp³-hybridized carbons (Fsp3) is 0.122. The number of aryl methyl sites for hydroxylation is 1. The molecule has 2 aromatic heterocycles. The highest BCUT2D eigenvalue weighted by Crippen LogP contribution is 2.39. The first-order valence-electron chi connectivity index (χ1n) is 15.8. The zero-order chi connectivity index (χ0) is 29.7. The third-order valence-electron chi connectivity index (χ3n) is 9.41. The molecule has 214 valence electrons. The van der Waals surface area contributed by atoms with E-state index in [1.807, 2.05) is 24.7 Å². The van der Waals surface area contributed by atoms with Crippen molar-refractivity contribution in [2.45, 2.75) is 32.1 Å². The Bertz CT molecular complexity index is 2270. The van der Waals surface area contributed by atoms with Gasteiger partial charge < -0.3 is 0 Å². The molecule has 0 saturated heterocycles. The number of rotatable bonds is 3. The highest BCUT2D eigenvalue weighted by molar-refractivity contribution is 6.15. The van der Waals surface area contributed by atoms with E-state index in [4.69, 9.17) is 19.9 Å². The van der Waals surface area contributed by atoms with Gasteiger partial charge in [0.25, 0.3) is 0 Å². The van der Waals surface area contributed by atoms with Crippen LogP contribution >= 0.6 is 0 Å². The molecule has 4 aromatic carbocycles. The maximum absolute atomic E-state index is 4.98. The number of hydrogen-bond acceptors (Lipinski definition) is 4. The second-order valence-corrected chi connectivity index (χ2v) is 12.1. The summed E-state index contributed by atoms with van der Waals surface area (Å²) in [6, 6.07) is 28.6. The summed E-state index contributed by atoms with van der Waals surface area (Å²) >= 11 is 0. The van der Waals surface area contributed by atoms with Crippen LogP contribution in [-0.4, -0.2) is 21.2 Å². The molecule has 0 bridgehead atoms. The Labute approximate surface area is 262 Å². The van der Waals surface area contributed by atoms with Crippen molar-refractivity contribution in [2.24, 2.45) is 4.99 Å². The number of aliphatic imine (C=N–C) groups is 1. The van der Waals surface area contributed by atoms with Crippen molar-refractivity contribution in [3.05, 3.63) is 131 Å². The van der Waals surface area contributed by atoms with Gasteiger partial charge in [-0.25, -0.2) is 15.0 Å². The molecule has 6 aromatic rings. The van der Waals surface area contributed by atoms with Crippen LogP contribution < -0.4 is 0 Å². The smallest absolute Gasteiger partial charge is 0.178 e. The number of benzene rings is 4. The van der Waals surface area contributed by atoms with E-state index >= 15 is 0 Å². The van der Waals surface area contributed by atoms with Gasteiger partial charge in [-0.2, -0.15) is 0 Å². The molecule has 0 unspecified atom stereocenters. The molecule has 45 heavy (non-hydrogen) atoms. The lowest BCUT2D eigenvalue weighted by atomic mass is 9.89.